The molecule has 1 atom stereocenters. The predicted octanol–water partition coefficient (Wildman–Crippen LogP) is 3.74. The molecule has 1 N–H and O–H groups in total. The Bertz CT molecular complexity index is 1080. The molecular formula is C27H33N3O4. The van der Waals surface area contributed by atoms with Gasteiger partial charge in [0.1, 0.15) is 12.4 Å². The van der Waals surface area contributed by atoms with Crippen LogP contribution in [0.1, 0.15) is 16.8 Å². The molecule has 0 aliphatic rings. The van der Waals surface area contributed by atoms with Crippen LogP contribution in [-0.2, 0) is 16.0 Å². The Balaban J connectivity index is 1.92. The van der Waals surface area contributed by atoms with E-state index in [1.165, 1.54) is 0 Å². The maximum absolute atomic E-state index is 10.5. The third-order valence-corrected chi connectivity index (χ3v) is 5.30. The molecule has 0 saturated heterocycles. The average Bonchev–Trinajstić information content (AvgIpc) is 3.13. The van der Waals surface area contributed by atoms with Gasteiger partial charge in [0, 0.05) is 26.7 Å². The number of hydrogen-bond acceptors (Lipinski definition) is 6. The molecule has 0 saturated carbocycles. The Morgan fingerprint density at radius 1 is 1.15 bits per heavy atom. The van der Waals surface area contributed by atoms with Gasteiger partial charge >= 0.3 is 0 Å². The molecule has 0 amide bonds. The molecule has 7 nitrogen and oxygen atoms in total. The van der Waals surface area contributed by atoms with Crippen molar-refractivity contribution in [1.29, 1.82) is 0 Å². The second kappa shape index (κ2) is 12.9. The van der Waals surface area contributed by atoms with Crippen LogP contribution >= 0.6 is 0 Å². The number of benzene rings is 2. The van der Waals surface area contributed by atoms with Crippen molar-refractivity contribution < 1.29 is 19.3 Å². The second-order valence-corrected chi connectivity index (χ2v) is 8.14. The fraction of sp³-hybridized carbons (Fsp3) is 0.370. The van der Waals surface area contributed by atoms with Gasteiger partial charge in [-0.3, -0.25) is 4.90 Å². The summed E-state index contributed by atoms with van der Waals surface area (Å²) in [5.74, 6) is 3.80. The van der Waals surface area contributed by atoms with Crippen LogP contribution in [0.4, 0.5) is 0 Å². The molecule has 3 aromatic rings. The van der Waals surface area contributed by atoms with Crippen molar-refractivity contribution in [2.24, 2.45) is 0 Å². The van der Waals surface area contributed by atoms with E-state index in [-0.39, 0.29) is 13.2 Å². The van der Waals surface area contributed by atoms with Crippen molar-refractivity contribution in [2.45, 2.75) is 26.5 Å². The monoisotopic (exact) mass is 463 g/mol. The van der Waals surface area contributed by atoms with E-state index < -0.39 is 6.10 Å². The van der Waals surface area contributed by atoms with Crippen LogP contribution in [-0.4, -0.2) is 65.9 Å². The molecule has 0 bridgehead atoms. The topological polar surface area (TPSA) is 69.0 Å². The SMILES string of the molecule is C#CCOC[C@H](O)CN(CCOC)Cc1c(C)nn(-c2ccccc2)c1Oc1cccc(C)c1. The highest BCUT2D eigenvalue weighted by Crippen LogP contribution is 2.32. The van der Waals surface area contributed by atoms with E-state index in [0.29, 0.717) is 32.1 Å². The van der Waals surface area contributed by atoms with E-state index in [2.05, 4.69) is 10.8 Å². The number of nitrogens with zero attached hydrogens (tertiary/aromatic N) is 3. The van der Waals surface area contributed by atoms with Gasteiger partial charge in [0.15, 0.2) is 0 Å². The Kier molecular flexibility index (Phi) is 9.68. The first-order chi connectivity index (χ1) is 16.5. The summed E-state index contributed by atoms with van der Waals surface area (Å²) < 4.78 is 18.9. The Morgan fingerprint density at radius 2 is 1.94 bits per heavy atom. The van der Waals surface area contributed by atoms with Crippen molar-refractivity contribution >= 4 is 0 Å². The minimum Gasteiger partial charge on any atom is -0.439 e. The van der Waals surface area contributed by atoms with Crippen molar-refractivity contribution in [1.82, 2.24) is 14.7 Å². The molecule has 7 heteroatoms. The summed E-state index contributed by atoms with van der Waals surface area (Å²) in [6, 6.07) is 17.8. The van der Waals surface area contributed by atoms with E-state index in [1.54, 1.807) is 7.11 Å². The second-order valence-electron chi connectivity index (χ2n) is 8.14. The Hall–Kier alpha value is -3.15. The Labute approximate surface area is 201 Å². The zero-order chi connectivity index (χ0) is 24.3. The fourth-order valence-electron chi connectivity index (χ4n) is 3.64. The van der Waals surface area contributed by atoms with Crippen molar-refractivity contribution in [2.75, 3.05) is 40.0 Å². The van der Waals surface area contributed by atoms with Crippen LogP contribution in [0.15, 0.2) is 54.6 Å². The van der Waals surface area contributed by atoms with E-state index in [9.17, 15) is 5.11 Å². The van der Waals surface area contributed by atoms with Gasteiger partial charge in [-0.2, -0.15) is 5.10 Å². The zero-order valence-corrected chi connectivity index (χ0v) is 20.1. The summed E-state index contributed by atoms with van der Waals surface area (Å²) in [6.45, 7) is 6.42. The first-order valence-electron chi connectivity index (χ1n) is 11.3. The summed E-state index contributed by atoms with van der Waals surface area (Å²) >= 11 is 0. The van der Waals surface area contributed by atoms with Gasteiger partial charge in [-0.05, 0) is 43.7 Å². The number of hydrogen-bond donors (Lipinski definition) is 1. The number of rotatable bonds is 13. The molecule has 1 aromatic heterocycles. The average molecular weight is 464 g/mol. The first kappa shape index (κ1) is 25.5. The first-order valence-corrected chi connectivity index (χ1v) is 11.3. The van der Waals surface area contributed by atoms with Crippen LogP contribution in [0.25, 0.3) is 5.69 Å². The third-order valence-electron chi connectivity index (χ3n) is 5.30. The lowest BCUT2D eigenvalue weighted by molar-refractivity contribution is 0.0206. The number of aliphatic hydroxyl groups is 1. The molecule has 34 heavy (non-hydrogen) atoms. The number of ether oxygens (including phenoxy) is 3. The van der Waals surface area contributed by atoms with Gasteiger partial charge in [0.2, 0.25) is 5.88 Å². The molecule has 2 aromatic carbocycles. The van der Waals surface area contributed by atoms with E-state index in [1.807, 2.05) is 73.1 Å². The summed E-state index contributed by atoms with van der Waals surface area (Å²) in [7, 11) is 1.66. The minimum atomic E-state index is -0.684. The summed E-state index contributed by atoms with van der Waals surface area (Å²) in [5, 5.41) is 15.3. The van der Waals surface area contributed by atoms with Crippen LogP contribution in [0.3, 0.4) is 0 Å². The number of methoxy groups -OCH3 is 1. The fourth-order valence-corrected chi connectivity index (χ4v) is 3.64. The lowest BCUT2D eigenvalue weighted by Gasteiger charge is -2.25. The van der Waals surface area contributed by atoms with E-state index in [0.717, 1.165) is 28.3 Å². The molecule has 3 rings (SSSR count). The van der Waals surface area contributed by atoms with Gasteiger partial charge in [0.25, 0.3) is 0 Å². The van der Waals surface area contributed by atoms with Crippen LogP contribution in [0, 0.1) is 26.2 Å². The predicted molar refractivity (Wildman–Crippen MR) is 132 cm³/mol. The van der Waals surface area contributed by atoms with Crippen molar-refractivity contribution in [3.63, 3.8) is 0 Å². The largest absolute Gasteiger partial charge is 0.439 e. The van der Waals surface area contributed by atoms with Gasteiger partial charge in [-0.15, -0.1) is 6.42 Å². The standard InChI is InChI=1S/C27H33N3O4/c1-5-15-33-20-24(31)18-29(14-16-32-4)19-26-22(3)28-30(23-11-7-6-8-12-23)27(26)34-25-13-9-10-21(2)17-25/h1,6-13,17,24,31H,14-16,18-20H2,2-4H3/t24-/m1/s1. The maximum Gasteiger partial charge on any atom is 0.227 e. The highest BCUT2D eigenvalue weighted by Gasteiger charge is 2.22. The molecule has 0 aliphatic heterocycles. The summed E-state index contributed by atoms with van der Waals surface area (Å²) in [5.41, 5.74) is 3.81. The quantitative estimate of drug-likeness (QED) is 0.308. The number of para-hydroxylation sites is 1. The van der Waals surface area contributed by atoms with Gasteiger partial charge < -0.3 is 19.3 Å². The smallest absolute Gasteiger partial charge is 0.227 e. The number of aryl methyl sites for hydroxylation is 2. The van der Waals surface area contributed by atoms with E-state index >= 15 is 0 Å². The highest BCUT2D eigenvalue weighted by molar-refractivity contribution is 5.43. The Morgan fingerprint density at radius 3 is 2.65 bits per heavy atom. The number of aliphatic hydroxyl groups excluding tert-OH is 1. The summed E-state index contributed by atoms with van der Waals surface area (Å²) in [4.78, 5) is 2.11. The third kappa shape index (κ3) is 7.17. The lowest BCUT2D eigenvalue weighted by Crippen LogP contribution is -2.36. The molecule has 0 aliphatic carbocycles. The van der Waals surface area contributed by atoms with E-state index in [4.69, 9.17) is 25.7 Å². The van der Waals surface area contributed by atoms with Crippen LogP contribution in [0.5, 0.6) is 11.6 Å². The highest BCUT2D eigenvalue weighted by atomic mass is 16.5. The zero-order valence-electron chi connectivity index (χ0n) is 20.1. The van der Waals surface area contributed by atoms with Gasteiger partial charge in [0.05, 0.1) is 36.3 Å². The lowest BCUT2D eigenvalue weighted by atomic mass is 10.2. The molecule has 0 unspecified atom stereocenters. The molecule has 180 valence electrons. The molecule has 0 fully saturated rings. The molecular weight excluding hydrogens is 430 g/mol. The van der Waals surface area contributed by atoms with Gasteiger partial charge in [-0.25, -0.2) is 4.68 Å². The van der Waals surface area contributed by atoms with Crippen molar-refractivity contribution in [3.05, 3.63) is 71.4 Å². The number of aromatic nitrogens is 2. The molecule has 0 radical (unpaired) electrons. The molecule has 0 spiro atoms. The molecule has 1 heterocycles. The normalized spacial score (nSPS) is 12.0. The maximum atomic E-state index is 10.5. The minimum absolute atomic E-state index is 0.169. The van der Waals surface area contributed by atoms with Crippen LogP contribution in [0.2, 0.25) is 0 Å². The number of terminal acetylenes is 1. The van der Waals surface area contributed by atoms with Crippen LogP contribution < -0.4 is 4.74 Å². The van der Waals surface area contributed by atoms with Crippen molar-refractivity contribution in [3.8, 4) is 29.7 Å². The summed E-state index contributed by atoms with van der Waals surface area (Å²) in [6.07, 6.45) is 4.55. The van der Waals surface area contributed by atoms with Gasteiger partial charge in [-0.1, -0.05) is 36.3 Å².